The predicted octanol–water partition coefficient (Wildman–Crippen LogP) is 2.44. The number of rotatable bonds is 3. The first-order valence-electron chi connectivity index (χ1n) is 6.12. The van der Waals surface area contributed by atoms with Crippen LogP contribution in [0, 0.1) is 5.92 Å². The van der Waals surface area contributed by atoms with Crippen molar-refractivity contribution in [3.05, 3.63) is 12.4 Å². The molecule has 88 valence electrons. The molecule has 0 unspecified atom stereocenters. The first kappa shape index (κ1) is 11.2. The van der Waals surface area contributed by atoms with E-state index < -0.39 is 0 Å². The normalized spacial score (nSPS) is 25.3. The van der Waals surface area contributed by atoms with Gasteiger partial charge < -0.3 is 11.1 Å². The molecule has 1 heterocycles. The summed E-state index contributed by atoms with van der Waals surface area (Å²) in [4.78, 5) is 8.06. The van der Waals surface area contributed by atoms with Crippen LogP contribution < -0.4 is 11.1 Å². The van der Waals surface area contributed by atoms with Crippen LogP contribution in [-0.2, 0) is 0 Å². The van der Waals surface area contributed by atoms with E-state index in [4.69, 9.17) is 5.73 Å². The topological polar surface area (TPSA) is 63.8 Å². The van der Waals surface area contributed by atoms with Gasteiger partial charge in [-0.15, -0.1) is 0 Å². The van der Waals surface area contributed by atoms with E-state index in [9.17, 15) is 0 Å². The average Bonchev–Trinajstić information content (AvgIpc) is 2.30. The summed E-state index contributed by atoms with van der Waals surface area (Å²) in [6.45, 7) is 2.28. The first-order chi connectivity index (χ1) is 7.78. The zero-order chi connectivity index (χ0) is 11.4. The maximum Gasteiger partial charge on any atom is 0.131 e. The molecule has 0 radical (unpaired) electrons. The van der Waals surface area contributed by atoms with Crippen LogP contribution in [0.25, 0.3) is 0 Å². The summed E-state index contributed by atoms with van der Waals surface area (Å²) >= 11 is 0. The molecule has 1 saturated carbocycles. The van der Waals surface area contributed by atoms with E-state index in [1.54, 1.807) is 6.07 Å². The maximum atomic E-state index is 5.62. The van der Waals surface area contributed by atoms with E-state index in [0.29, 0.717) is 11.9 Å². The van der Waals surface area contributed by atoms with Gasteiger partial charge in [-0.05, 0) is 31.6 Å². The van der Waals surface area contributed by atoms with Gasteiger partial charge in [-0.2, -0.15) is 0 Å². The monoisotopic (exact) mass is 220 g/mol. The lowest BCUT2D eigenvalue weighted by atomic mass is 9.84. The number of anilines is 2. The summed E-state index contributed by atoms with van der Waals surface area (Å²) in [5, 5.41) is 3.44. The molecule has 0 spiro atoms. The molecule has 16 heavy (non-hydrogen) atoms. The lowest BCUT2D eigenvalue weighted by Crippen LogP contribution is -2.26. The summed E-state index contributed by atoms with van der Waals surface area (Å²) < 4.78 is 0. The fourth-order valence-corrected chi connectivity index (χ4v) is 2.38. The average molecular weight is 220 g/mol. The minimum absolute atomic E-state index is 0.528. The third-order valence-corrected chi connectivity index (χ3v) is 3.46. The van der Waals surface area contributed by atoms with Gasteiger partial charge in [0.15, 0.2) is 0 Å². The number of nitrogen functional groups attached to an aromatic ring is 1. The van der Waals surface area contributed by atoms with Crippen molar-refractivity contribution in [1.29, 1.82) is 0 Å². The highest BCUT2D eigenvalue weighted by atomic mass is 15.0. The number of hydrogen-bond acceptors (Lipinski definition) is 4. The summed E-state index contributed by atoms with van der Waals surface area (Å²) in [5.74, 6) is 2.31. The second-order valence-corrected chi connectivity index (χ2v) is 4.60. The molecule has 1 aliphatic carbocycles. The van der Waals surface area contributed by atoms with E-state index in [2.05, 4.69) is 22.2 Å². The molecule has 0 aromatic carbocycles. The van der Waals surface area contributed by atoms with Gasteiger partial charge >= 0.3 is 0 Å². The van der Waals surface area contributed by atoms with E-state index in [1.807, 2.05) is 0 Å². The van der Waals surface area contributed by atoms with Crippen LogP contribution in [0.3, 0.4) is 0 Å². The van der Waals surface area contributed by atoms with E-state index >= 15 is 0 Å². The molecule has 0 bridgehead atoms. The molecule has 0 aliphatic heterocycles. The standard InChI is InChI=1S/C12H20N4/c1-2-9-3-5-10(6-4-9)16-12-7-11(13)14-8-15-12/h7-10H,2-6H2,1H3,(H3,13,14,15,16). The lowest BCUT2D eigenvalue weighted by molar-refractivity contribution is 0.330. The SMILES string of the molecule is CCC1CCC(Nc2cc(N)ncn2)CC1. The van der Waals surface area contributed by atoms with Gasteiger partial charge in [0, 0.05) is 12.1 Å². The van der Waals surface area contributed by atoms with Crippen molar-refractivity contribution in [3.8, 4) is 0 Å². The van der Waals surface area contributed by atoms with Crippen LogP contribution in [0.2, 0.25) is 0 Å². The largest absolute Gasteiger partial charge is 0.384 e. The van der Waals surface area contributed by atoms with Crippen molar-refractivity contribution in [2.24, 2.45) is 5.92 Å². The Morgan fingerprint density at radius 2 is 2.06 bits per heavy atom. The maximum absolute atomic E-state index is 5.62. The van der Waals surface area contributed by atoms with Gasteiger partial charge in [-0.3, -0.25) is 0 Å². The number of nitrogens with zero attached hydrogens (tertiary/aromatic N) is 2. The molecule has 4 heteroatoms. The molecule has 1 aromatic heterocycles. The molecule has 1 fully saturated rings. The van der Waals surface area contributed by atoms with Gasteiger partial charge in [0.05, 0.1) is 0 Å². The van der Waals surface area contributed by atoms with Crippen LogP contribution in [0.15, 0.2) is 12.4 Å². The number of aromatic nitrogens is 2. The van der Waals surface area contributed by atoms with Crippen LogP contribution in [0.1, 0.15) is 39.0 Å². The van der Waals surface area contributed by atoms with Gasteiger partial charge in [-0.25, -0.2) is 9.97 Å². The van der Waals surface area contributed by atoms with Crippen LogP contribution in [0.5, 0.6) is 0 Å². The van der Waals surface area contributed by atoms with Gasteiger partial charge in [-0.1, -0.05) is 13.3 Å². The van der Waals surface area contributed by atoms with E-state index in [0.717, 1.165) is 11.7 Å². The third kappa shape index (κ3) is 2.84. The van der Waals surface area contributed by atoms with Crippen LogP contribution in [0.4, 0.5) is 11.6 Å². The van der Waals surface area contributed by atoms with Crippen LogP contribution in [-0.4, -0.2) is 16.0 Å². The summed E-state index contributed by atoms with van der Waals surface area (Å²) in [5.41, 5.74) is 5.62. The van der Waals surface area contributed by atoms with Crippen molar-refractivity contribution >= 4 is 11.6 Å². The van der Waals surface area contributed by atoms with Gasteiger partial charge in [0.25, 0.3) is 0 Å². The molecule has 2 rings (SSSR count). The Hall–Kier alpha value is -1.32. The Morgan fingerprint density at radius 1 is 1.31 bits per heavy atom. The predicted molar refractivity (Wildman–Crippen MR) is 66.1 cm³/mol. The Kier molecular flexibility index (Phi) is 3.59. The molecule has 4 nitrogen and oxygen atoms in total. The third-order valence-electron chi connectivity index (χ3n) is 3.46. The molecule has 0 amide bonds. The molecule has 1 aromatic rings. The fraction of sp³-hybridized carbons (Fsp3) is 0.667. The summed E-state index contributed by atoms with van der Waals surface area (Å²) in [7, 11) is 0. The second-order valence-electron chi connectivity index (χ2n) is 4.60. The van der Waals surface area contributed by atoms with E-state index in [-0.39, 0.29) is 0 Å². The Bertz CT molecular complexity index is 332. The van der Waals surface area contributed by atoms with Gasteiger partial charge in [0.1, 0.15) is 18.0 Å². The lowest BCUT2D eigenvalue weighted by Gasteiger charge is -2.28. The Morgan fingerprint density at radius 3 is 2.69 bits per heavy atom. The van der Waals surface area contributed by atoms with Crippen molar-refractivity contribution in [2.45, 2.75) is 45.1 Å². The smallest absolute Gasteiger partial charge is 0.131 e. The second kappa shape index (κ2) is 5.14. The zero-order valence-electron chi connectivity index (χ0n) is 9.82. The number of nitrogens with two attached hydrogens (primary N) is 1. The molecular formula is C12H20N4. The van der Waals surface area contributed by atoms with Crippen molar-refractivity contribution in [1.82, 2.24) is 9.97 Å². The molecule has 3 N–H and O–H groups in total. The highest BCUT2D eigenvalue weighted by Gasteiger charge is 2.19. The Balaban J connectivity index is 1.87. The molecule has 1 aliphatic rings. The molecule has 0 atom stereocenters. The fourth-order valence-electron chi connectivity index (χ4n) is 2.38. The van der Waals surface area contributed by atoms with E-state index in [1.165, 1.54) is 38.4 Å². The minimum atomic E-state index is 0.528. The number of nitrogens with one attached hydrogen (secondary N) is 1. The summed E-state index contributed by atoms with van der Waals surface area (Å²) in [6, 6.07) is 2.35. The van der Waals surface area contributed by atoms with Crippen LogP contribution >= 0.6 is 0 Å². The van der Waals surface area contributed by atoms with Crippen molar-refractivity contribution in [3.63, 3.8) is 0 Å². The van der Waals surface area contributed by atoms with Gasteiger partial charge in [0.2, 0.25) is 0 Å². The van der Waals surface area contributed by atoms with Crippen molar-refractivity contribution in [2.75, 3.05) is 11.1 Å². The molecular weight excluding hydrogens is 200 g/mol. The highest BCUT2D eigenvalue weighted by Crippen LogP contribution is 2.28. The zero-order valence-corrected chi connectivity index (χ0v) is 9.82. The minimum Gasteiger partial charge on any atom is -0.384 e. The first-order valence-corrected chi connectivity index (χ1v) is 6.12. The number of hydrogen-bond donors (Lipinski definition) is 2. The van der Waals surface area contributed by atoms with Crippen molar-refractivity contribution < 1.29 is 0 Å². The highest BCUT2D eigenvalue weighted by molar-refractivity contribution is 5.43. The quantitative estimate of drug-likeness (QED) is 0.821. The Labute approximate surface area is 96.7 Å². The summed E-state index contributed by atoms with van der Waals surface area (Å²) in [6.07, 6.45) is 7.96. The molecule has 0 saturated heterocycles.